The van der Waals surface area contributed by atoms with Gasteiger partial charge in [0.2, 0.25) is 0 Å². The van der Waals surface area contributed by atoms with Crippen LogP contribution in [-0.4, -0.2) is 24.5 Å². The van der Waals surface area contributed by atoms with Gasteiger partial charge in [-0.1, -0.05) is 35.9 Å². The molecule has 3 aromatic rings. The van der Waals surface area contributed by atoms with Gasteiger partial charge in [-0.3, -0.25) is 14.5 Å². The van der Waals surface area contributed by atoms with Crippen molar-refractivity contribution in [3.05, 3.63) is 99.7 Å². The minimum Gasteiger partial charge on any atom is -0.379 e. The molecule has 2 amide bonds. The van der Waals surface area contributed by atoms with E-state index in [-0.39, 0.29) is 22.1 Å². The minimum absolute atomic E-state index is 0.0363. The van der Waals surface area contributed by atoms with Gasteiger partial charge in [-0.05, 0) is 77.5 Å². The molecule has 0 atom stereocenters. The van der Waals surface area contributed by atoms with Gasteiger partial charge in [-0.15, -0.1) is 0 Å². The third kappa shape index (κ3) is 5.44. The molecular formula is C23H15ClFNO5S2. The molecule has 0 saturated carbocycles. The number of rotatable bonds is 6. The van der Waals surface area contributed by atoms with Gasteiger partial charge in [-0.2, -0.15) is 8.42 Å². The Bertz CT molecular complexity index is 1340. The van der Waals surface area contributed by atoms with Gasteiger partial charge in [0, 0.05) is 5.02 Å². The third-order valence-corrected chi connectivity index (χ3v) is 7.03. The summed E-state index contributed by atoms with van der Waals surface area (Å²) in [6.45, 7) is 0.0393. The quantitative estimate of drug-likeness (QED) is 0.327. The van der Waals surface area contributed by atoms with E-state index in [2.05, 4.69) is 0 Å². The number of hydrogen-bond acceptors (Lipinski definition) is 6. The first-order chi connectivity index (χ1) is 15.7. The molecule has 168 valence electrons. The van der Waals surface area contributed by atoms with E-state index in [4.69, 9.17) is 15.8 Å². The molecule has 33 heavy (non-hydrogen) atoms. The van der Waals surface area contributed by atoms with Crippen LogP contribution < -0.4 is 4.18 Å². The molecule has 10 heteroatoms. The highest BCUT2D eigenvalue weighted by molar-refractivity contribution is 8.18. The summed E-state index contributed by atoms with van der Waals surface area (Å²) in [5, 5.41) is -0.0232. The lowest BCUT2D eigenvalue weighted by molar-refractivity contribution is -0.123. The van der Waals surface area contributed by atoms with Gasteiger partial charge in [0.1, 0.15) is 16.5 Å². The lowest BCUT2D eigenvalue weighted by Gasteiger charge is -2.12. The zero-order valence-corrected chi connectivity index (χ0v) is 19.2. The number of nitrogens with zero attached hydrogens (tertiary/aromatic N) is 1. The van der Waals surface area contributed by atoms with Crippen LogP contribution in [0.5, 0.6) is 5.75 Å². The Balaban J connectivity index is 1.46. The van der Waals surface area contributed by atoms with Crippen molar-refractivity contribution in [3.8, 4) is 5.75 Å². The van der Waals surface area contributed by atoms with Crippen molar-refractivity contribution in [3.63, 3.8) is 0 Å². The van der Waals surface area contributed by atoms with Gasteiger partial charge in [0.25, 0.3) is 11.1 Å². The molecule has 0 unspecified atom stereocenters. The summed E-state index contributed by atoms with van der Waals surface area (Å²) in [7, 11) is -4.03. The summed E-state index contributed by atoms with van der Waals surface area (Å²) in [4.78, 5) is 26.2. The van der Waals surface area contributed by atoms with E-state index >= 15 is 0 Å². The molecule has 0 bridgehead atoms. The Labute approximate surface area is 198 Å². The van der Waals surface area contributed by atoms with Crippen LogP contribution in [0.4, 0.5) is 9.18 Å². The van der Waals surface area contributed by atoms with Crippen molar-refractivity contribution < 1.29 is 26.6 Å². The van der Waals surface area contributed by atoms with Crippen molar-refractivity contribution in [1.82, 2.24) is 4.90 Å². The van der Waals surface area contributed by atoms with Crippen molar-refractivity contribution in [1.29, 1.82) is 0 Å². The summed E-state index contributed by atoms with van der Waals surface area (Å²) < 4.78 is 42.9. The molecule has 0 aromatic heterocycles. The highest BCUT2D eigenvalue weighted by Gasteiger charge is 2.35. The molecule has 3 aromatic carbocycles. The number of carbonyl (C=O) groups is 2. The smallest absolute Gasteiger partial charge is 0.339 e. The molecular weight excluding hydrogens is 489 g/mol. The number of benzene rings is 3. The van der Waals surface area contributed by atoms with E-state index in [1.165, 1.54) is 66.7 Å². The fraction of sp³-hybridized carbons (Fsp3) is 0.0435. The number of thioether (sulfide) groups is 1. The first kappa shape index (κ1) is 23.0. The Morgan fingerprint density at radius 1 is 0.939 bits per heavy atom. The van der Waals surface area contributed by atoms with Crippen LogP contribution >= 0.6 is 23.4 Å². The standard InChI is InChI=1S/C23H15ClFNO5S2/c24-17-5-11-20(12-6-17)33(29,30)31-19-9-3-15(4-10-19)13-21-22(27)26(23(28)32-21)14-16-1-7-18(25)8-2-16/h1-13H,14H2/b21-13-. The lowest BCUT2D eigenvalue weighted by atomic mass is 10.2. The van der Waals surface area contributed by atoms with Crippen LogP contribution in [0.1, 0.15) is 11.1 Å². The number of halogens is 2. The normalized spacial score (nSPS) is 15.3. The van der Waals surface area contributed by atoms with Crippen LogP contribution in [0.15, 0.2) is 82.6 Å². The SMILES string of the molecule is O=C1S/C(=C\c2ccc(OS(=O)(=O)c3ccc(Cl)cc3)cc2)C(=O)N1Cc1ccc(F)cc1. The second-order valence-electron chi connectivity index (χ2n) is 6.95. The van der Waals surface area contributed by atoms with Gasteiger partial charge < -0.3 is 4.18 Å². The van der Waals surface area contributed by atoms with E-state index in [9.17, 15) is 22.4 Å². The van der Waals surface area contributed by atoms with Gasteiger partial charge in [0.15, 0.2) is 0 Å². The van der Waals surface area contributed by atoms with E-state index in [0.29, 0.717) is 16.1 Å². The van der Waals surface area contributed by atoms with Gasteiger partial charge >= 0.3 is 10.1 Å². The maximum Gasteiger partial charge on any atom is 0.339 e. The molecule has 1 aliphatic rings. The Morgan fingerprint density at radius 2 is 1.58 bits per heavy atom. The van der Waals surface area contributed by atoms with Crippen LogP contribution in [0.25, 0.3) is 6.08 Å². The van der Waals surface area contributed by atoms with E-state index in [0.717, 1.165) is 16.7 Å². The Hall–Kier alpha value is -3.14. The highest BCUT2D eigenvalue weighted by Crippen LogP contribution is 2.33. The number of carbonyl (C=O) groups excluding carboxylic acids is 2. The van der Waals surface area contributed by atoms with Gasteiger partial charge in [0.05, 0.1) is 11.4 Å². The van der Waals surface area contributed by atoms with E-state index in [1.807, 2.05) is 0 Å². The van der Waals surface area contributed by atoms with Crippen molar-refractivity contribution in [2.75, 3.05) is 0 Å². The zero-order chi connectivity index (χ0) is 23.6. The van der Waals surface area contributed by atoms with Crippen LogP contribution in [-0.2, 0) is 21.5 Å². The maximum absolute atomic E-state index is 13.1. The average Bonchev–Trinajstić information content (AvgIpc) is 3.04. The monoisotopic (exact) mass is 503 g/mol. The molecule has 0 aliphatic carbocycles. The lowest BCUT2D eigenvalue weighted by Crippen LogP contribution is -2.27. The predicted octanol–water partition coefficient (Wildman–Crippen LogP) is 5.48. The van der Waals surface area contributed by atoms with Crippen LogP contribution in [0.3, 0.4) is 0 Å². The maximum atomic E-state index is 13.1. The molecule has 1 heterocycles. The highest BCUT2D eigenvalue weighted by atomic mass is 35.5. The second kappa shape index (κ2) is 9.38. The second-order valence-corrected chi connectivity index (χ2v) is 9.93. The number of hydrogen-bond donors (Lipinski definition) is 0. The molecule has 0 radical (unpaired) electrons. The van der Waals surface area contributed by atoms with Crippen molar-refractivity contribution in [2.24, 2.45) is 0 Å². The van der Waals surface area contributed by atoms with E-state index in [1.54, 1.807) is 12.1 Å². The van der Waals surface area contributed by atoms with Crippen LogP contribution in [0, 0.1) is 5.82 Å². The first-order valence-corrected chi connectivity index (χ1v) is 12.1. The summed E-state index contributed by atoms with van der Waals surface area (Å²) in [6, 6.07) is 17.2. The molecule has 0 N–H and O–H groups in total. The average molecular weight is 504 g/mol. The largest absolute Gasteiger partial charge is 0.379 e. The Morgan fingerprint density at radius 3 is 2.21 bits per heavy atom. The Kier molecular flexibility index (Phi) is 6.55. The molecule has 6 nitrogen and oxygen atoms in total. The van der Waals surface area contributed by atoms with Crippen molar-refractivity contribution in [2.45, 2.75) is 11.4 Å². The number of imide groups is 1. The van der Waals surface area contributed by atoms with E-state index < -0.39 is 27.1 Å². The topological polar surface area (TPSA) is 80.8 Å². The molecule has 0 spiro atoms. The fourth-order valence-electron chi connectivity index (χ4n) is 2.96. The third-order valence-electron chi connectivity index (χ3n) is 4.61. The fourth-order valence-corrected chi connectivity index (χ4v) is 4.85. The van der Waals surface area contributed by atoms with Crippen LogP contribution in [0.2, 0.25) is 5.02 Å². The molecule has 1 aliphatic heterocycles. The summed E-state index contributed by atoms with van der Waals surface area (Å²) in [5.41, 5.74) is 1.21. The molecule has 1 fully saturated rings. The summed E-state index contributed by atoms with van der Waals surface area (Å²) in [5.74, 6) is -0.771. The van der Waals surface area contributed by atoms with Gasteiger partial charge in [-0.25, -0.2) is 4.39 Å². The zero-order valence-electron chi connectivity index (χ0n) is 16.8. The predicted molar refractivity (Wildman–Crippen MR) is 124 cm³/mol. The molecule has 4 rings (SSSR count). The molecule has 1 saturated heterocycles. The minimum atomic E-state index is -4.03. The van der Waals surface area contributed by atoms with Crippen molar-refractivity contribution >= 4 is 50.7 Å². The number of amides is 2. The summed E-state index contributed by atoms with van der Waals surface area (Å²) in [6.07, 6.45) is 1.53. The first-order valence-electron chi connectivity index (χ1n) is 9.51. The summed E-state index contributed by atoms with van der Waals surface area (Å²) >= 11 is 6.58.